The Morgan fingerprint density at radius 1 is 1.03 bits per heavy atom. The molecule has 2 amide bonds. The number of hydrogen-bond acceptors (Lipinski definition) is 4. The van der Waals surface area contributed by atoms with Crippen LogP contribution in [0.3, 0.4) is 0 Å². The maximum absolute atomic E-state index is 12.7. The third-order valence-electron chi connectivity index (χ3n) is 6.89. The van der Waals surface area contributed by atoms with Crippen LogP contribution in [-0.2, 0) is 16.1 Å². The highest BCUT2D eigenvalue weighted by Gasteiger charge is 2.27. The Morgan fingerprint density at radius 2 is 1.71 bits per heavy atom. The number of nitrogens with two attached hydrogens (primary N) is 2. The number of Topliss-reactive ketones (excluding diaryl/α,β-unsaturated/α-hetero) is 1. The number of hydrogen-bond donors (Lipinski definition) is 2. The van der Waals surface area contributed by atoms with Crippen LogP contribution in [0.4, 0.5) is 0 Å². The summed E-state index contributed by atoms with van der Waals surface area (Å²) in [6, 6.07) is 13.5. The van der Waals surface area contributed by atoms with Crippen LogP contribution in [0, 0.1) is 5.92 Å². The van der Waals surface area contributed by atoms with Gasteiger partial charge >= 0.3 is 0 Å². The van der Waals surface area contributed by atoms with Crippen molar-refractivity contribution in [3.63, 3.8) is 0 Å². The molecule has 0 saturated carbocycles. The van der Waals surface area contributed by atoms with Crippen molar-refractivity contribution in [2.75, 3.05) is 13.1 Å². The van der Waals surface area contributed by atoms with Gasteiger partial charge in [-0.2, -0.15) is 0 Å². The second-order valence-electron chi connectivity index (χ2n) is 9.63. The molecule has 0 radical (unpaired) electrons. The van der Waals surface area contributed by atoms with Gasteiger partial charge in [-0.05, 0) is 66.6 Å². The van der Waals surface area contributed by atoms with Gasteiger partial charge in [0, 0.05) is 12.1 Å². The van der Waals surface area contributed by atoms with Crippen molar-refractivity contribution in [3.05, 3.63) is 70.3 Å². The zero-order valence-electron chi connectivity index (χ0n) is 20.8. The first kappa shape index (κ1) is 26.4. The number of nitrogens with zero attached hydrogens (tertiary/aromatic N) is 1. The van der Waals surface area contributed by atoms with Gasteiger partial charge in [-0.15, -0.1) is 0 Å². The van der Waals surface area contributed by atoms with E-state index in [2.05, 4.69) is 24.0 Å². The van der Waals surface area contributed by atoms with Gasteiger partial charge in [0.05, 0.1) is 5.92 Å². The van der Waals surface area contributed by atoms with Gasteiger partial charge < -0.3 is 11.5 Å². The zero-order chi connectivity index (χ0) is 25.4. The average Bonchev–Trinajstić information content (AvgIpc) is 2.85. The maximum Gasteiger partial charge on any atom is 0.285 e. The number of benzene rings is 2. The van der Waals surface area contributed by atoms with Gasteiger partial charge in [0.2, 0.25) is 11.7 Å². The Morgan fingerprint density at radius 3 is 2.31 bits per heavy atom. The summed E-state index contributed by atoms with van der Waals surface area (Å²) in [5.74, 6) is -2.10. The Labute approximate surface area is 208 Å². The van der Waals surface area contributed by atoms with Gasteiger partial charge in [-0.3, -0.25) is 19.3 Å². The minimum atomic E-state index is -0.968. The molecule has 1 unspecified atom stereocenters. The fourth-order valence-electron chi connectivity index (χ4n) is 4.69. The highest BCUT2D eigenvalue weighted by molar-refractivity contribution is 6.37. The van der Waals surface area contributed by atoms with Crippen LogP contribution in [0.5, 0.6) is 0 Å². The molecule has 0 aliphatic carbocycles. The molecule has 6 heteroatoms. The largest absolute Gasteiger partial charge is 0.366 e. The molecule has 1 heterocycles. The van der Waals surface area contributed by atoms with E-state index in [0.717, 1.165) is 44.0 Å². The Bertz CT molecular complexity index is 1070. The number of unbranched alkanes of at least 4 members (excludes halogenated alkanes) is 1. The minimum absolute atomic E-state index is 0.313. The molecule has 3 rings (SSSR count). The lowest BCUT2D eigenvalue weighted by atomic mass is 9.84. The minimum Gasteiger partial charge on any atom is -0.366 e. The van der Waals surface area contributed by atoms with E-state index in [4.69, 9.17) is 11.5 Å². The van der Waals surface area contributed by atoms with Crippen LogP contribution in [0.1, 0.15) is 84.5 Å². The average molecular weight is 476 g/mol. The van der Waals surface area contributed by atoms with Crippen LogP contribution in [0.15, 0.2) is 42.5 Å². The van der Waals surface area contributed by atoms with E-state index in [0.29, 0.717) is 23.1 Å². The summed E-state index contributed by atoms with van der Waals surface area (Å²) < 4.78 is 0. The molecule has 1 aliphatic heterocycles. The van der Waals surface area contributed by atoms with Crippen LogP contribution in [0.25, 0.3) is 12.2 Å². The van der Waals surface area contributed by atoms with Gasteiger partial charge in [-0.25, -0.2) is 0 Å². The number of primary amides is 2. The van der Waals surface area contributed by atoms with E-state index < -0.39 is 23.5 Å². The number of rotatable bonds is 11. The van der Waals surface area contributed by atoms with E-state index in [9.17, 15) is 14.4 Å². The normalized spacial score (nSPS) is 15.8. The molecule has 6 nitrogen and oxygen atoms in total. The summed E-state index contributed by atoms with van der Waals surface area (Å²) >= 11 is 0. The van der Waals surface area contributed by atoms with Crippen molar-refractivity contribution in [1.82, 2.24) is 4.90 Å². The van der Waals surface area contributed by atoms with E-state index in [1.165, 1.54) is 18.4 Å². The fourth-order valence-corrected chi connectivity index (χ4v) is 4.69. The first-order valence-corrected chi connectivity index (χ1v) is 12.6. The van der Waals surface area contributed by atoms with E-state index in [1.807, 2.05) is 31.2 Å². The summed E-state index contributed by atoms with van der Waals surface area (Å²) in [5, 5.41) is 0. The molecule has 0 spiro atoms. The molecule has 4 N–H and O–H groups in total. The number of carbonyl (C=O) groups is 3. The lowest BCUT2D eigenvalue weighted by molar-refractivity contribution is -0.137. The summed E-state index contributed by atoms with van der Waals surface area (Å²) in [4.78, 5) is 39.1. The van der Waals surface area contributed by atoms with Gasteiger partial charge in [-0.1, -0.05) is 75.2 Å². The molecule has 1 saturated heterocycles. The third kappa shape index (κ3) is 7.12. The van der Waals surface area contributed by atoms with Crippen molar-refractivity contribution in [2.24, 2.45) is 17.4 Å². The topological polar surface area (TPSA) is 106 Å². The second-order valence-corrected chi connectivity index (χ2v) is 9.63. The molecule has 1 atom stereocenters. The maximum atomic E-state index is 12.7. The van der Waals surface area contributed by atoms with Crippen LogP contribution in [0.2, 0.25) is 0 Å². The number of piperidine rings is 1. The summed E-state index contributed by atoms with van der Waals surface area (Å²) in [5.41, 5.74) is 14.7. The fraction of sp³-hybridized carbons (Fsp3) is 0.414. The van der Waals surface area contributed by atoms with Crippen molar-refractivity contribution in [3.8, 4) is 0 Å². The van der Waals surface area contributed by atoms with Crippen LogP contribution in [-0.4, -0.2) is 35.6 Å². The molecular weight excluding hydrogens is 438 g/mol. The Kier molecular flexibility index (Phi) is 9.38. The van der Waals surface area contributed by atoms with Gasteiger partial charge in [0.15, 0.2) is 0 Å². The predicted octanol–water partition coefficient (Wildman–Crippen LogP) is 4.52. The molecule has 0 aromatic heterocycles. The van der Waals surface area contributed by atoms with Crippen molar-refractivity contribution >= 4 is 29.7 Å². The molecule has 2 aromatic carbocycles. The lowest BCUT2D eigenvalue weighted by Gasteiger charge is -2.30. The molecule has 1 aliphatic rings. The smallest absolute Gasteiger partial charge is 0.285 e. The molecule has 186 valence electrons. The lowest BCUT2D eigenvalue weighted by Crippen LogP contribution is -2.32. The Hall–Kier alpha value is -3.25. The number of amides is 2. The number of ketones is 1. The van der Waals surface area contributed by atoms with E-state index in [-0.39, 0.29) is 0 Å². The zero-order valence-corrected chi connectivity index (χ0v) is 20.8. The monoisotopic (exact) mass is 475 g/mol. The molecule has 2 aromatic rings. The molecule has 0 bridgehead atoms. The highest BCUT2D eigenvalue weighted by Crippen LogP contribution is 2.30. The van der Waals surface area contributed by atoms with Gasteiger partial charge in [0.25, 0.3) is 5.91 Å². The quantitative estimate of drug-likeness (QED) is 0.368. The SMILES string of the molecule is CCCCC(C(=O)C(N)=O)c1cccc(C(N)=O)c1C=Cc1ccc(CN2CCC(C)CC2)cc1. The predicted molar refractivity (Wildman–Crippen MR) is 140 cm³/mol. The number of likely N-dealkylation sites (tertiary alicyclic amines) is 1. The van der Waals surface area contributed by atoms with Crippen LogP contribution < -0.4 is 11.5 Å². The number of carbonyl (C=O) groups excluding carboxylic acids is 3. The van der Waals surface area contributed by atoms with E-state index >= 15 is 0 Å². The Balaban J connectivity index is 1.86. The molecule has 1 fully saturated rings. The van der Waals surface area contributed by atoms with Crippen molar-refractivity contribution in [2.45, 2.75) is 58.4 Å². The first-order valence-electron chi connectivity index (χ1n) is 12.6. The summed E-state index contributed by atoms with van der Waals surface area (Å²) in [6.07, 6.45) is 8.31. The van der Waals surface area contributed by atoms with E-state index in [1.54, 1.807) is 18.2 Å². The van der Waals surface area contributed by atoms with Gasteiger partial charge in [0.1, 0.15) is 0 Å². The summed E-state index contributed by atoms with van der Waals surface area (Å²) in [7, 11) is 0. The standard InChI is InChI=1S/C29H37N3O3/c1-3-4-6-25(27(33)29(31)35)23-7-5-8-26(28(30)34)24(23)14-13-21-9-11-22(12-10-21)19-32-17-15-20(2)16-18-32/h5,7-14,20,25H,3-4,6,15-19H2,1-2H3,(H2,30,34)(H2,31,35). The van der Waals surface area contributed by atoms with Crippen LogP contribution >= 0.6 is 0 Å². The summed E-state index contributed by atoms with van der Waals surface area (Å²) in [6.45, 7) is 7.55. The highest BCUT2D eigenvalue weighted by atomic mass is 16.2. The molecular formula is C29H37N3O3. The second kappa shape index (κ2) is 12.5. The molecule has 35 heavy (non-hydrogen) atoms. The third-order valence-corrected chi connectivity index (χ3v) is 6.89. The van der Waals surface area contributed by atoms with Crippen molar-refractivity contribution in [1.29, 1.82) is 0 Å². The van der Waals surface area contributed by atoms with Crippen molar-refractivity contribution < 1.29 is 14.4 Å². The first-order chi connectivity index (χ1) is 16.8.